The molecule has 1 aromatic rings. The van der Waals surface area contributed by atoms with E-state index in [9.17, 15) is 4.79 Å². The number of piperidine rings is 1. The Hall–Kier alpha value is -1.00. The predicted octanol–water partition coefficient (Wildman–Crippen LogP) is 1.87. The first kappa shape index (κ1) is 12.5. The number of hydrogen-bond donors (Lipinski definition) is 2. The first-order chi connectivity index (χ1) is 8.20. The molecule has 0 saturated carbocycles. The fraction of sp³-hybridized carbons (Fsp3) is 0.583. The highest BCUT2D eigenvalue weighted by molar-refractivity contribution is 6.30. The van der Waals surface area contributed by atoms with Crippen LogP contribution in [0.1, 0.15) is 29.8 Å². The van der Waals surface area contributed by atoms with Crippen molar-refractivity contribution in [3.63, 3.8) is 0 Å². The number of halogens is 1. The van der Waals surface area contributed by atoms with Crippen molar-refractivity contribution in [1.29, 1.82) is 0 Å². The van der Waals surface area contributed by atoms with Gasteiger partial charge in [0.05, 0.1) is 5.02 Å². The predicted molar refractivity (Wildman–Crippen MR) is 68.1 cm³/mol. The second-order valence-corrected chi connectivity index (χ2v) is 5.00. The number of hydrogen-bond acceptors (Lipinski definition) is 2. The third kappa shape index (κ3) is 3.01. The third-order valence-corrected chi connectivity index (χ3v) is 3.48. The second kappa shape index (κ2) is 5.56. The van der Waals surface area contributed by atoms with Crippen LogP contribution in [0.3, 0.4) is 0 Å². The molecule has 5 heteroatoms. The van der Waals surface area contributed by atoms with Crippen LogP contribution >= 0.6 is 11.6 Å². The Morgan fingerprint density at radius 2 is 2.47 bits per heavy atom. The highest BCUT2D eigenvalue weighted by Crippen LogP contribution is 2.21. The number of nitrogens with zero attached hydrogens (tertiary/aromatic N) is 1. The molecule has 1 saturated heterocycles. The summed E-state index contributed by atoms with van der Waals surface area (Å²) in [5.41, 5.74) is 6.14. The zero-order chi connectivity index (χ0) is 12.3. The Balaban J connectivity index is 1.99. The van der Waals surface area contributed by atoms with E-state index in [0.29, 0.717) is 23.2 Å². The Morgan fingerprint density at radius 1 is 1.65 bits per heavy atom. The molecule has 1 aliphatic heterocycles. The first-order valence-electron chi connectivity index (χ1n) is 6.04. The summed E-state index contributed by atoms with van der Waals surface area (Å²) in [6, 6.07) is 1.68. The topological polar surface area (TPSA) is 62.1 Å². The van der Waals surface area contributed by atoms with E-state index >= 15 is 0 Å². The lowest BCUT2D eigenvalue weighted by Gasteiger charge is -2.32. The Kier molecular flexibility index (Phi) is 4.07. The summed E-state index contributed by atoms with van der Waals surface area (Å²) in [5.74, 6) is 0.585. The van der Waals surface area contributed by atoms with Gasteiger partial charge in [0.25, 0.3) is 5.91 Å². The van der Waals surface area contributed by atoms with Crippen LogP contribution in [0.2, 0.25) is 5.02 Å². The number of carbonyl (C=O) groups excluding carboxylic acids is 1. The first-order valence-corrected chi connectivity index (χ1v) is 6.41. The van der Waals surface area contributed by atoms with Crippen LogP contribution in [0.4, 0.5) is 0 Å². The highest BCUT2D eigenvalue weighted by atomic mass is 35.5. The minimum Gasteiger partial charge on any atom is -0.356 e. The summed E-state index contributed by atoms with van der Waals surface area (Å²) in [5, 5.41) is 0.573. The van der Waals surface area contributed by atoms with Crippen molar-refractivity contribution in [3.8, 4) is 0 Å². The molecule has 4 nitrogen and oxygen atoms in total. The number of carbonyl (C=O) groups is 1. The molecule has 1 atom stereocenters. The SMILES string of the molecule is NCCC1CCCN(C(=O)c2cc(Cl)c[nH]2)C1. The van der Waals surface area contributed by atoms with Gasteiger partial charge < -0.3 is 15.6 Å². The summed E-state index contributed by atoms with van der Waals surface area (Å²) < 4.78 is 0. The van der Waals surface area contributed by atoms with E-state index < -0.39 is 0 Å². The number of amides is 1. The molecule has 1 aromatic heterocycles. The van der Waals surface area contributed by atoms with E-state index in [1.165, 1.54) is 6.42 Å². The van der Waals surface area contributed by atoms with Gasteiger partial charge in [0, 0.05) is 19.3 Å². The minimum atomic E-state index is 0.0404. The van der Waals surface area contributed by atoms with Crippen molar-refractivity contribution in [2.24, 2.45) is 11.7 Å². The van der Waals surface area contributed by atoms with E-state index in [0.717, 1.165) is 25.9 Å². The lowest BCUT2D eigenvalue weighted by molar-refractivity contribution is 0.0664. The van der Waals surface area contributed by atoms with Gasteiger partial charge in [-0.2, -0.15) is 0 Å². The van der Waals surface area contributed by atoms with Crippen molar-refractivity contribution < 1.29 is 4.79 Å². The monoisotopic (exact) mass is 255 g/mol. The van der Waals surface area contributed by atoms with Gasteiger partial charge in [0.15, 0.2) is 0 Å². The Bertz CT molecular complexity index is 389. The van der Waals surface area contributed by atoms with Crippen LogP contribution in [0, 0.1) is 5.92 Å². The molecule has 94 valence electrons. The summed E-state index contributed by atoms with van der Waals surface area (Å²) in [7, 11) is 0. The zero-order valence-electron chi connectivity index (χ0n) is 9.79. The van der Waals surface area contributed by atoms with E-state index in [1.807, 2.05) is 4.90 Å². The van der Waals surface area contributed by atoms with Gasteiger partial charge in [-0.1, -0.05) is 11.6 Å². The zero-order valence-corrected chi connectivity index (χ0v) is 10.5. The van der Waals surface area contributed by atoms with Crippen molar-refractivity contribution in [1.82, 2.24) is 9.88 Å². The van der Waals surface area contributed by atoms with Crippen LogP contribution in [0.5, 0.6) is 0 Å². The molecule has 0 radical (unpaired) electrons. The van der Waals surface area contributed by atoms with Gasteiger partial charge >= 0.3 is 0 Å². The number of nitrogens with one attached hydrogen (secondary N) is 1. The number of likely N-dealkylation sites (tertiary alicyclic amines) is 1. The number of aromatic nitrogens is 1. The molecule has 0 spiro atoms. The van der Waals surface area contributed by atoms with Gasteiger partial charge in [0.1, 0.15) is 5.69 Å². The van der Waals surface area contributed by atoms with Crippen LogP contribution in [0.25, 0.3) is 0 Å². The van der Waals surface area contributed by atoms with E-state index in [4.69, 9.17) is 17.3 Å². The van der Waals surface area contributed by atoms with Crippen LogP contribution in [-0.4, -0.2) is 35.4 Å². The maximum Gasteiger partial charge on any atom is 0.270 e. The lowest BCUT2D eigenvalue weighted by Crippen LogP contribution is -2.40. The quantitative estimate of drug-likeness (QED) is 0.866. The smallest absolute Gasteiger partial charge is 0.270 e. The summed E-state index contributed by atoms with van der Waals surface area (Å²) >= 11 is 5.80. The fourth-order valence-electron chi connectivity index (χ4n) is 2.38. The van der Waals surface area contributed by atoms with Crippen molar-refractivity contribution in [3.05, 3.63) is 23.0 Å². The van der Waals surface area contributed by atoms with Gasteiger partial charge in [-0.15, -0.1) is 0 Å². The largest absolute Gasteiger partial charge is 0.356 e. The molecule has 3 N–H and O–H groups in total. The highest BCUT2D eigenvalue weighted by Gasteiger charge is 2.24. The molecule has 0 bridgehead atoms. The molecular weight excluding hydrogens is 238 g/mol. The molecule has 0 aliphatic carbocycles. The minimum absolute atomic E-state index is 0.0404. The Labute approximate surface area is 106 Å². The number of rotatable bonds is 3. The van der Waals surface area contributed by atoms with Crippen LogP contribution in [-0.2, 0) is 0 Å². The van der Waals surface area contributed by atoms with E-state index in [-0.39, 0.29) is 5.91 Å². The average Bonchev–Trinajstić information content (AvgIpc) is 2.76. The summed E-state index contributed by atoms with van der Waals surface area (Å²) in [4.78, 5) is 17.0. The lowest BCUT2D eigenvalue weighted by atomic mass is 9.95. The number of aromatic amines is 1. The summed E-state index contributed by atoms with van der Waals surface area (Å²) in [6.45, 7) is 2.34. The molecule has 2 rings (SSSR count). The maximum absolute atomic E-state index is 12.2. The van der Waals surface area contributed by atoms with Crippen molar-refractivity contribution in [2.45, 2.75) is 19.3 Å². The maximum atomic E-state index is 12.2. The molecule has 1 aliphatic rings. The average molecular weight is 256 g/mol. The van der Waals surface area contributed by atoms with Crippen molar-refractivity contribution >= 4 is 17.5 Å². The Morgan fingerprint density at radius 3 is 3.12 bits per heavy atom. The standard InChI is InChI=1S/C12H18ClN3O/c13-10-6-11(15-7-10)12(17)16-5-1-2-9(8-16)3-4-14/h6-7,9,15H,1-5,8,14H2. The molecule has 1 amide bonds. The van der Waals surface area contributed by atoms with Crippen molar-refractivity contribution in [2.75, 3.05) is 19.6 Å². The second-order valence-electron chi connectivity index (χ2n) is 4.57. The normalized spacial score (nSPS) is 20.6. The molecule has 2 heterocycles. The van der Waals surface area contributed by atoms with E-state index in [2.05, 4.69) is 4.98 Å². The van der Waals surface area contributed by atoms with Gasteiger partial charge in [-0.3, -0.25) is 4.79 Å². The van der Waals surface area contributed by atoms with E-state index in [1.54, 1.807) is 12.3 Å². The van der Waals surface area contributed by atoms with Gasteiger partial charge in [-0.05, 0) is 37.8 Å². The summed E-state index contributed by atoms with van der Waals surface area (Å²) in [6.07, 6.45) is 4.86. The third-order valence-electron chi connectivity index (χ3n) is 3.26. The molecule has 0 aromatic carbocycles. The molecule has 1 unspecified atom stereocenters. The van der Waals surface area contributed by atoms with Crippen LogP contribution < -0.4 is 5.73 Å². The van der Waals surface area contributed by atoms with Gasteiger partial charge in [0.2, 0.25) is 0 Å². The molecule has 1 fully saturated rings. The number of H-pyrrole nitrogens is 1. The number of nitrogens with two attached hydrogens (primary N) is 1. The molecule has 17 heavy (non-hydrogen) atoms. The van der Waals surface area contributed by atoms with Gasteiger partial charge in [-0.25, -0.2) is 0 Å². The molecular formula is C12H18ClN3O. The van der Waals surface area contributed by atoms with Crippen LogP contribution in [0.15, 0.2) is 12.3 Å². The fourth-order valence-corrected chi connectivity index (χ4v) is 2.55.